The molecule has 1 N–H and O–H groups in total. The molecule has 1 amide bonds. The molecule has 0 saturated carbocycles. The lowest BCUT2D eigenvalue weighted by Crippen LogP contribution is -2.29. The number of hydrogen-bond donors (Lipinski definition) is 1. The fourth-order valence-corrected chi connectivity index (χ4v) is 5.29. The Labute approximate surface area is 232 Å². The van der Waals surface area contributed by atoms with Crippen LogP contribution in [-0.2, 0) is 29.2 Å². The predicted molar refractivity (Wildman–Crippen MR) is 150 cm³/mol. The second-order valence-corrected chi connectivity index (χ2v) is 10.1. The van der Waals surface area contributed by atoms with Gasteiger partial charge in [-0.15, -0.1) is 0 Å². The molecule has 2 aliphatic rings. The van der Waals surface area contributed by atoms with Gasteiger partial charge in [-0.05, 0) is 65.6 Å². The number of aromatic nitrogens is 1. The lowest BCUT2D eigenvalue weighted by molar-refractivity contribution is -0.140. The van der Waals surface area contributed by atoms with Gasteiger partial charge in [-0.25, -0.2) is 0 Å². The monoisotopic (exact) mass is 532 g/mol. The van der Waals surface area contributed by atoms with E-state index in [0.717, 1.165) is 22.4 Å². The van der Waals surface area contributed by atoms with Crippen LogP contribution in [0, 0.1) is 0 Å². The molecule has 4 aromatic rings. The van der Waals surface area contributed by atoms with Gasteiger partial charge in [0.1, 0.15) is 30.0 Å². The molecule has 6 rings (SSSR count). The molecule has 0 unspecified atom stereocenters. The number of rotatable bonds is 7. The first kappa shape index (κ1) is 25.4. The van der Waals surface area contributed by atoms with Crippen LogP contribution in [0.15, 0.2) is 103 Å². The Morgan fingerprint density at radius 1 is 1.00 bits per heavy atom. The van der Waals surface area contributed by atoms with Crippen molar-refractivity contribution in [3.63, 3.8) is 0 Å². The molecule has 200 valence electrons. The molecule has 7 nitrogen and oxygen atoms in total. The zero-order chi connectivity index (χ0) is 27.6. The standard InChI is InChI=1S/C33H28N2O5/c1-21-16-26-17-25(11-14-28(26)40-21)31(36)29-30(35(33(38)32(29)37)19-23-8-5-15-34-18-23)24-9-12-27(13-10-24)39-20-22-6-3-2-4-7-22/h2-15,17-18,21,30,36H,16,19-20H2,1H3/t21-,30-/m0/s1. The van der Waals surface area contributed by atoms with E-state index in [1.807, 2.05) is 73.7 Å². The first-order chi connectivity index (χ1) is 19.5. The molecule has 2 atom stereocenters. The van der Waals surface area contributed by atoms with E-state index in [9.17, 15) is 14.7 Å². The van der Waals surface area contributed by atoms with E-state index in [1.54, 1.807) is 30.6 Å². The number of hydrogen-bond acceptors (Lipinski definition) is 6. The maximum Gasteiger partial charge on any atom is 0.295 e. The Bertz CT molecular complexity index is 1580. The Morgan fingerprint density at radius 3 is 2.52 bits per heavy atom. The molecule has 3 aromatic carbocycles. The minimum Gasteiger partial charge on any atom is -0.507 e. The third-order valence-electron chi connectivity index (χ3n) is 7.23. The van der Waals surface area contributed by atoms with E-state index >= 15 is 0 Å². The Kier molecular flexibility index (Phi) is 6.78. The molecule has 0 radical (unpaired) electrons. The summed E-state index contributed by atoms with van der Waals surface area (Å²) >= 11 is 0. The van der Waals surface area contributed by atoms with Gasteiger partial charge in [0.2, 0.25) is 0 Å². The van der Waals surface area contributed by atoms with Crippen LogP contribution in [0.2, 0.25) is 0 Å². The molecule has 2 aliphatic heterocycles. The average Bonchev–Trinajstić information content (AvgIpc) is 3.48. The summed E-state index contributed by atoms with van der Waals surface area (Å²) in [5.74, 6) is -0.170. The van der Waals surface area contributed by atoms with E-state index in [4.69, 9.17) is 9.47 Å². The lowest BCUT2D eigenvalue weighted by atomic mass is 9.94. The molecule has 0 bridgehead atoms. The number of Topliss-reactive ketones (excluding diaryl/α,β-unsaturated/α-hetero) is 1. The van der Waals surface area contributed by atoms with Gasteiger partial charge in [-0.3, -0.25) is 14.6 Å². The topological polar surface area (TPSA) is 89.0 Å². The molecular weight excluding hydrogens is 504 g/mol. The summed E-state index contributed by atoms with van der Waals surface area (Å²) in [6.45, 7) is 2.57. The number of likely N-dealkylation sites (tertiary alicyclic amines) is 1. The average molecular weight is 533 g/mol. The minimum atomic E-state index is -0.785. The third-order valence-corrected chi connectivity index (χ3v) is 7.23. The minimum absolute atomic E-state index is 0.0417. The van der Waals surface area contributed by atoms with Crippen molar-refractivity contribution >= 4 is 17.4 Å². The Hall–Kier alpha value is -4.91. The van der Waals surface area contributed by atoms with Crippen LogP contribution in [0.4, 0.5) is 0 Å². The SMILES string of the molecule is C[C@H]1Cc2cc(C(O)=C3C(=O)C(=O)N(Cc4cccnc4)[C@H]3c3ccc(OCc4ccccc4)cc3)ccc2O1. The number of nitrogens with zero attached hydrogens (tertiary/aromatic N) is 2. The number of aliphatic hydroxyl groups excluding tert-OH is 1. The first-order valence-electron chi connectivity index (χ1n) is 13.2. The molecule has 7 heteroatoms. The maximum absolute atomic E-state index is 13.4. The van der Waals surface area contributed by atoms with Crippen LogP contribution in [0.3, 0.4) is 0 Å². The highest BCUT2D eigenvalue weighted by atomic mass is 16.5. The number of ether oxygens (including phenoxy) is 2. The number of carbonyl (C=O) groups excluding carboxylic acids is 2. The van der Waals surface area contributed by atoms with Crippen molar-refractivity contribution in [3.05, 3.63) is 131 Å². The number of ketones is 1. The van der Waals surface area contributed by atoms with Crippen molar-refractivity contribution in [2.75, 3.05) is 0 Å². The molecule has 3 heterocycles. The zero-order valence-corrected chi connectivity index (χ0v) is 22.0. The van der Waals surface area contributed by atoms with Gasteiger partial charge in [0.15, 0.2) is 0 Å². The predicted octanol–water partition coefficient (Wildman–Crippen LogP) is 5.61. The summed E-state index contributed by atoms with van der Waals surface area (Å²) < 4.78 is 11.7. The van der Waals surface area contributed by atoms with E-state index in [-0.39, 0.29) is 24.0 Å². The zero-order valence-electron chi connectivity index (χ0n) is 22.0. The van der Waals surface area contributed by atoms with Crippen molar-refractivity contribution < 1.29 is 24.2 Å². The second-order valence-electron chi connectivity index (χ2n) is 10.1. The lowest BCUT2D eigenvalue weighted by Gasteiger charge is -2.25. The molecule has 1 saturated heterocycles. The van der Waals surface area contributed by atoms with Crippen LogP contribution >= 0.6 is 0 Å². The number of benzene rings is 3. The van der Waals surface area contributed by atoms with Crippen LogP contribution < -0.4 is 9.47 Å². The quantitative estimate of drug-likeness (QED) is 0.189. The smallest absolute Gasteiger partial charge is 0.295 e. The van der Waals surface area contributed by atoms with Crippen LogP contribution in [-0.4, -0.2) is 32.8 Å². The largest absolute Gasteiger partial charge is 0.507 e. The van der Waals surface area contributed by atoms with Gasteiger partial charge in [0.05, 0.1) is 11.6 Å². The highest BCUT2D eigenvalue weighted by Gasteiger charge is 2.46. The third kappa shape index (κ3) is 4.94. The maximum atomic E-state index is 13.4. The molecule has 40 heavy (non-hydrogen) atoms. The highest BCUT2D eigenvalue weighted by Crippen LogP contribution is 2.41. The Balaban J connectivity index is 1.37. The summed E-state index contributed by atoms with van der Waals surface area (Å²) in [6, 6.07) is 25.4. The van der Waals surface area contributed by atoms with Gasteiger partial charge in [0, 0.05) is 30.9 Å². The second kappa shape index (κ2) is 10.7. The summed E-state index contributed by atoms with van der Waals surface area (Å²) in [5, 5.41) is 11.5. The van der Waals surface area contributed by atoms with E-state index in [2.05, 4.69) is 4.98 Å². The van der Waals surface area contributed by atoms with Crippen LogP contribution in [0.1, 0.15) is 40.8 Å². The van der Waals surface area contributed by atoms with Gasteiger partial charge >= 0.3 is 0 Å². The van der Waals surface area contributed by atoms with Crippen molar-refractivity contribution in [1.29, 1.82) is 0 Å². The van der Waals surface area contributed by atoms with Crippen molar-refractivity contribution in [2.45, 2.75) is 38.6 Å². The van der Waals surface area contributed by atoms with Gasteiger partial charge < -0.3 is 19.5 Å². The van der Waals surface area contributed by atoms with Crippen molar-refractivity contribution in [1.82, 2.24) is 9.88 Å². The number of aliphatic hydroxyl groups is 1. The number of amides is 1. The van der Waals surface area contributed by atoms with Crippen LogP contribution in [0.5, 0.6) is 11.5 Å². The molecule has 0 aliphatic carbocycles. The van der Waals surface area contributed by atoms with Gasteiger partial charge in [-0.2, -0.15) is 0 Å². The van der Waals surface area contributed by atoms with E-state index in [0.29, 0.717) is 29.9 Å². The van der Waals surface area contributed by atoms with Crippen molar-refractivity contribution in [3.8, 4) is 11.5 Å². The number of fused-ring (bicyclic) bond motifs is 1. The number of pyridine rings is 1. The first-order valence-corrected chi connectivity index (χ1v) is 13.2. The summed E-state index contributed by atoms with van der Waals surface area (Å²) in [7, 11) is 0. The molecular formula is C33H28N2O5. The summed E-state index contributed by atoms with van der Waals surface area (Å²) in [5.41, 5.74) is 4.00. The normalized spacial score (nSPS) is 19.4. The molecule has 1 aromatic heterocycles. The van der Waals surface area contributed by atoms with Crippen LogP contribution in [0.25, 0.3) is 5.76 Å². The van der Waals surface area contributed by atoms with Gasteiger partial charge in [0.25, 0.3) is 11.7 Å². The fraction of sp³-hybridized carbons (Fsp3) is 0.182. The summed E-state index contributed by atoms with van der Waals surface area (Å²) in [6.07, 6.45) is 4.07. The van der Waals surface area contributed by atoms with E-state index < -0.39 is 17.7 Å². The fourth-order valence-electron chi connectivity index (χ4n) is 5.29. The van der Waals surface area contributed by atoms with E-state index in [1.165, 1.54) is 4.90 Å². The Morgan fingerprint density at radius 2 is 1.77 bits per heavy atom. The molecule has 0 spiro atoms. The summed E-state index contributed by atoms with van der Waals surface area (Å²) in [4.78, 5) is 32.4. The number of carbonyl (C=O) groups is 2. The van der Waals surface area contributed by atoms with Gasteiger partial charge in [-0.1, -0.05) is 48.5 Å². The highest BCUT2D eigenvalue weighted by molar-refractivity contribution is 6.46. The van der Waals surface area contributed by atoms with Crippen molar-refractivity contribution in [2.24, 2.45) is 0 Å². The molecule has 1 fully saturated rings.